The van der Waals surface area contributed by atoms with Crippen LogP contribution in [0.5, 0.6) is 0 Å². The molecule has 2 heterocycles. The normalized spacial score (nSPS) is 38.2. The van der Waals surface area contributed by atoms with Gasteiger partial charge in [0.25, 0.3) is 0 Å². The van der Waals surface area contributed by atoms with E-state index in [9.17, 15) is 0 Å². The van der Waals surface area contributed by atoms with Crippen LogP contribution in [0.3, 0.4) is 0 Å². The second-order valence-electron chi connectivity index (χ2n) is 6.25. The standard InChI is InChI=1S/C15H30N2O/c1-4-13-11-16-15(3,5-2)12-17(13)9-8-14-7-6-10-18-14/h13-14,16H,4-12H2,1-3H3. The molecule has 106 valence electrons. The van der Waals surface area contributed by atoms with E-state index in [-0.39, 0.29) is 0 Å². The number of nitrogens with one attached hydrogen (secondary N) is 1. The van der Waals surface area contributed by atoms with E-state index in [1.165, 1.54) is 45.2 Å². The summed E-state index contributed by atoms with van der Waals surface area (Å²) in [7, 11) is 0. The minimum absolute atomic E-state index is 0.308. The zero-order chi connectivity index (χ0) is 13.0. The maximum absolute atomic E-state index is 5.75. The van der Waals surface area contributed by atoms with Gasteiger partial charge in [0.1, 0.15) is 0 Å². The molecule has 0 aromatic heterocycles. The van der Waals surface area contributed by atoms with Crippen LogP contribution in [0.2, 0.25) is 0 Å². The molecule has 0 radical (unpaired) electrons. The Bertz CT molecular complexity index is 253. The first kappa shape index (κ1) is 14.3. The number of hydrogen-bond donors (Lipinski definition) is 1. The third-order valence-electron chi connectivity index (χ3n) is 4.85. The van der Waals surface area contributed by atoms with Gasteiger partial charge in [0, 0.05) is 37.8 Å². The molecule has 2 saturated heterocycles. The molecular formula is C15H30N2O. The first-order chi connectivity index (χ1) is 8.67. The molecule has 3 unspecified atom stereocenters. The van der Waals surface area contributed by atoms with E-state index in [0.29, 0.717) is 17.7 Å². The van der Waals surface area contributed by atoms with E-state index in [1.807, 2.05) is 0 Å². The minimum atomic E-state index is 0.308. The summed E-state index contributed by atoms with van der Waals surface area (Å²) >= 11 is 0. The Kier molecular flexibility index (Phi) is 5.05. The van der Waals surface area contributed by atoms with Crippen molar-refractivity contribution in [1.82, 2.24) is 10.2 Å². The van der Waals surface area contributed by atoms with Gasteiger partial charge >= 0.3 is 0 Å². The molecule has 2 rings (SSSR count). The zero-order valence-electron chi connectivity index (χ0n) is 12.4. The first-order valence-electron chi connectivity index (χ1n) is 7.77. The van der Waals surface area contributed by atoms with Crippen molar-refractivity contribution in [3.63, 3.8) is 0 Å². The van der Waals surface area contributed by atoms with E-state index in [1.54, 1.807) is 0 Å². The Morgan fingerprint density at radius 3 is 2.83 bits per heavy atom. The first-order valence-corrected chi connectivity index (χ1v) is 7.77. The predicted molar refractivity (Wildman–Crippen MR) is 75.9 cm³/mol. The highest BCUT2D eigenvalue weighted by atomic mass is 16.5. The van der Waals surface area contributed by atoms with Crippen LogP contribution in [0, 0.1) is 0 Å². The van der Waals surface area contributed by atoms with Gasteiger partial charge in [-0.05, 0) is 39.0 Å². The molecule has 1 N–H and O–H groups in total. The third kappa shape index (κ3) is 3.46. The van der Waals surface area contributed by atoms with Gasteiger partial charge in [0.2, 0.25) is 0 Å². The van der Waals surface area contributed by atoms with Crippen LogP contribution in [-0.4, -0.2) is 48.8 Å². The van der Waals surface area contributed by atoms with Gasteiger partial charge in [-0.2, -0.15) is 0 Å². The van der Waals surface area contributed by atoms with Crippen molar-refractivity contribution >= 4 is 0 Å². The Balaban J connectivity index is 1.85. The number of nitrogens with zero attached hydrogens (tertiary/aromatic N) is 1. The minimum Gasteiger partial charge on any atom is -0.378 e. The van der Waals surface area contributed by atoms with Crippen molar-refractivity contribution in [2.45, 2.75) is 70.6 Å². The lowest BCUT2D eigenvalue weighted by atomic mass is 9.92. The Morgan fingerprint density at radius 1 is 1.39 bits per heavy atom. The largest absolute Gasteiger partial charge is 0.378 e. The highest BCUT2D eigenvalue weighted by molar-refractivity contribution is 4.94. The molecule has 3 heteroatoms. The molecule has 0 amide bonds. The van der Waals surface area contributed by atoms with Crippen molar-refractivity contribution in [3.8, 4) is 0 Å². The third-order valence-corrected chi connectivity index (χ3v) is 4.85. The number of ether oxygens (including phenoxy) is 1. The fourth-order valence-electron chi connectivity index (χ4n) is 3.21. The quantitative estimate of drug-likeness (QED) is 0.815. The van der Waals surface area contributed by atoms with Gasteiger partial charge in [-0.15, -0.1) is 0 Å². The summed E-state index contributed by atoms with van der Waals surface area (Å²) in [5.74, 6) is 0. The van der Waals surface area contributed by atoms with Crippen molar-refractivity contribution < 1.29 is 4.74 Å². The maximum Gasteiger partial charge on any atom is 0.0588 e. The van der Waals surface area contributed by atoms with E-state index in [0.717, 1.165) is 13.2 Å². The molecule has 2 fully saturated rings. The van der Waals surface area contributed by atoms with Crippen LogP contribution in [0.25, 0.3) is 0 Å². The lowest BCUT2D eigenvalue weighted by molar-refractivity contribution is 0.0513. The molecular weight excluding hydrogens is 224 g/mol. The van der Waals surface area contributed by atoms with Crippen LogP contribution in [0.4, 0.5) is 0 Å². The molecule has 0 aromatic rings. The summed E-state index contributed by atoms with van der Waals surface area (Å²) < 4.78 is 5.75. The molecule has 18 heavy (non-hydrogen) atoms. The average molecular weight is 254 g/mol. The van der Waals surface area contributed by atoms with Crippen LogP contribution in [0.15, 0.2) is 0 Å². The van der Waals surface area contributed by atoms with Gasteiger partial charge in [-0.25, -0.2) is 0 Å². The summed E-state index contributed by atoms with van der Waals surface area (Å²) in [6.07, 6.45) is 6.74. The van der Waals surface area contributed by atoms with Crippen molar-refractivity contribution in [1.29, 1.82) is 0 Å². The second kappa shape index (κ2) is 6.36. The summed E-state index contributed by atoms with van der Waals surface area (Å²) in [6, 6.07) is 0.714. The van der Waals surface area contributed by atoms with Crippen LogP contribution < -0.4 is 5.32 Å². The molecule has 0 aromatic carbocycles. The van der Waals surface area contributed by atoms with Gasteiger partial charge in [0.15, 0.2) is 0 Å². The Morgan fingerprint density at radius 2 is 2.22 bits per heavy atom. The summed E-state index contributed by atoms with van der Waals surface area (Å²) in [5.41, 5.74) is 0.308. The Hall–Kier alpha value is -0.120. The Labute approximate surface area is 112 Å². The van der Waals surface area contributed by atoms with Gasteiger partial charge in [-0.3, -0.25) is 4.90 Å². The van der Waals surface area contributed by atoms with E-state index < -0.39 is 0 Å². The van der Waals surface area contributed by atoms with Crippen molar-refractivity contribution in [3.05, 3.63) is 0 Å². The van der Waals surface area contributed by atoms with E-state index in [4.69, 9.17) is 4.74 Å². The molecule has 3 nitrogen and oxygen atoms in total. The summed E-state index contributed by atoms with van der Waals surface area (Å²) in [5, 5.41) is 3.73. The lowest BCUT2D eigenvalue weighted by Gasteiger charge is -2.46. The van der Waals surface area contributed by atoms with Gasteiger partial charge < -0.3 is 10.1 Å². The fourth-order valence-corrected chi connectivity index (χ4v) is 3.21. The molecule has 2 aliphatic heterocycles. The molecule has 0 spiro atoms. The number of rotatable bonds is 5. The van der Waals surface area contributed by atoms with E-state index in [2.05, 4.69) is 31.0 Å². The zero-order valence-corrected chi connectivity index (χ0v) is 12.4. The second-order valence-corrected chi connectivity index (χ2v) is 6.25. The molecule has 2 aliphatic rings. The number of hydrogen-bond acceptors (Lipinski definition) is 3. The summed E-state index contributed by atoms with van der Waals surface area (Å²) in [6.45, 7) is 11.5. The molecule has 0 aliphatic carbocycles. The topological polar surface area (TPSA) is 24.5 Å². The fraction of sp³-hybridized carbons (Fsp3) is 1.00. The maximum atomic E-state index is 5.75. The lowest BCUT2D eigenvalue weighted by Crippen LogP contribution is -2.62. The van der Waals surface area contributed by atoms with Crippen LogP contribution >= 0.6 is 0 Å². The predicted octanol–water partition coefficient (Wildman–Crippen LogP) is 2.41. The van der Waals surface area contributed by atoms with Gasteiger partial charge in [-0.1, -0.05) is 13.8 Å². The van der Waals surface area contributed by atoms with Crippen LogP contribution in [-0.2, 0) is 4.74 Å². The highest BCUT2D eigenvalue weighted by Crippen LogP contribution is 2.22. The monoisotopic (exact) mass is 254 g/mol. The van der Waals surface area contributed by atoms with Gasteiger partial charge in [0.05, 0.1) is 6.10 Å². The molecule has 3 atom stereocenters. The molecule has 0 saturated carbocycles. The van der Waals surface area contributed by atoms with Crippen LogP contribution in [0.1, 0.15) is 52.9 Å². The number of piperazine rings is 1. The average Bonchev–Trinajstić information content (AvgIpc) is 2.90. The van der Waals surface area contributed by atoms with E-state index >= 15 is 0 Å². The smallest absolute Gasteiger partial charge is 0.0588 e. The SMILES string of the molecule is CCC1CNC(C)(CC)CN1CCC1CCCO1. The van der Waals surface area contributed by atoms with Crippen molar-refractivity contribution in [2.24, 2.45) is 0 Å². The van der Waals surface area contributed by atoms with Crippen molar-refractivity contribution in [2.75, 3.05) is 26.2 Å². The molecule has 0 bridgehead atoms. The summed E-state index contributed by atoms with van der Waals surface area (Å²) in [4.78, 5) is 2.70. The highest BCUT2D eigenvalue weighted by Gasteiger charge is 2.33.